The smallest absolute Gasteiger partial charge is 0.168 e. The van der Waals surface area contributed by atoms with E-state index in [1.54, 1.807) is 17.1 Å². The molecule has 6 heteroatoms. The van der Waals surface area contributed by atoms with Crippen LogP contribution in [0.1, 0.15) is 59.9 Å². The number of aryl methyl sites for hydroxylation is 2. The number of hydrogen-bond acceptors (Lipinski definition) is 5. The molecule has 1 saturated heterocycles. The van der Waals surface area contributed by atoms with Gasteiger partial charge in [-0.1, -0.05) is 0 Å². The second-order valence-electron chi connectivity index (χ2n) is 7.02. The SMILES string of the molecule is Cc1cc(N2CCC[C@@H]2CC(=O)c2cnn(C)c2)nc(C2CC2)n1. The molecule has 1 aliphatic heterocycles. The molecule has 4 rings (SSSR count). The number of Topliss-reactive ketones (excluding diaryl/α,β-unsaturated/α-hetero) is 1. The van der Waals surface area contributed by atoms with Crippen LogP contribution in [0.25, 0.3) is 0 Å². The van der Waals surface area contributed by atoms with Gasteiger partial charge in [-0.25, -0.2) is 9.97 Å². The van der Waals surface area contributed by atoms with E-state index in [0.29, 0.717) is 17.9 Å². The molecule has 6 nitrogen and oxygen atoms in total. The summed E-state index contributed by atoms with van der Waals surface area (Å²) >= 11 is 0. The van der Waals surface area contributed by atoms with Gasteiger partial charge in [0.1, 0.15) is 11.6 Å². The fourth-order valence-corrected chi connectivity index (χ4v) is 3.49. The predicted octanol–water partition coefficient (Wildman–Crippen LogP) is 2.64. The molecule has 1 atom stereocenters. The van der Waals surface area contributed by atoms with Crippen LogP contribution in [0, 0.1) is 6.92 Å². The Hall–Kier alpha value is -2.24. The number of carbonyl (C=O) groups is 1. The third-order valence-corrected chi connectivity index (χ3v) is 4.92. The summed E-state index contributed by atoms with van der Waals surface area (Å²) in [6.45, 7) is 2.99. The first kappa shape index (κ1) is 15.3. The van der Waals surface area contributed by atoms with Crippen molar-refractivity contribution in [3.8, 4) is 0 Å². The molecule has 1 saturated carbocycles. The van der Waals surface area contributed by atoms with Crippen molar-refractivity contribution in [3.63, 3.8) is 0 Å². The highest BCUT2D eigenvalue weighted by Crippen LogP contribution is 2.39. The summed E-state index contributed by atoms with van der Waals surface area (Å²) < 4.78 is 1.68. The van der Waals surface area contributed by atoms with E-state index in [9.17, 15) is 4.79 Å². The monoisotopic (exact) mass is 325 g/mol. The normalized spacial score (nSPS) is 20.6. The standard InChI is InChI=1S/C18H23N5O/c1-12-8-17(21-18(20-12)13-5-6-13)23-7-3-4-15(23)9-16(24)14-10-19-22(2)11-14/h8,10-11,13,15H,3-7,9H2,1-2H3/t15-/m1/s1. The average Bonchev–Trinajstić information content (AvgIpc) is 3.15. The third kappa shape index (κ3) is 3.05. The number of ketones is 1. The highest BCUT2D eigenvalue weighted by atomic mass is 16.1. The molecule has 0 bridgehead atoms. The number of hydrogen-bond donors (Lipinski definition) is 0. The molecule has 1 aliphatic carbocycles. The van der Waals surface area contributed by atoms with E-state index in [1.165, 1.54) is 12.8 Å². The van der Waals surface area contributed by atoms with Gasteiger partial charge in [0.05, 0.1) is 11.8 Å². The van der Waals surface area contributed by atoms with Gasteiger partial charge in [-0.05, 0) is 32.6 Å². The molecule has 2 aliphatic rings. The summed E-state index contributed by atoms with van der Waals surface area (Å²) in [5.74, 6) is 2.68. The molecular weight excluding hydrogens is 302 g/mol. The molecule has 3 heterocycles. The van der Waals surface area contributed by atoms with Gasteiger partial charge in [-0.2, -0.15) is 5.10 Å². The molecule has 0 unspecified atom stereocenters. The predicted molar refractivity (Wildman–Crippen MR) is 91.3 cm³/mol. The summed E-state index contributed by atoms with van der Waals surface area (Å²) in [5.41, 5.74) is 1.72. The highest BCUT2D eigenvalue weighted by Gasteiger charge is 2.31. The summed E-state index contributed by atoms with van der Waals surface area (Å²) in [6.07, 6.45) is 8.51. The van der Waals surface area contributed by atoms with Crippen molar-refractivity contribution in [2.45, 2.75) is 51.0 Å². The minimum atomic E-state index is 0.160. The maximum atomic E-state index is 12.5. The van der Waals surface area contributed by atoms with Crippen LogP contribution in [-0.2, 0) is 7.05 Å². The van der Waals surface area contributed by atoms with E-state index >= 15 is 0 Å². The zero-order valence-electron chi connectivity index (χ0n) is 14.3. The number of rotatable bonds is 5. The first-order chi connectivity index (χ1) is 11.6. The molecule has 2 aromatic heterocycles. The second-order valence-corrected chi connectivity index (χ2v) is 7.02. The van der Waals surface area contributed by atoms with Gasteiger partial charge in [-0.15, -0.1) is 0 Å². The van der Waals surface area contributed by atoms with Crippen LogP contribution in [0.3, 0.4) is 0 Å². The van der Waals surface area contributed by atoms with Gasteiger partial charge in [0, 0.05) is 49.9 Å². The van der Waals surface area contributed by atoms with Crippen molar-refractivity contribution in [1.82, 2.24) is 19.7 Å². The third-order valence-electron chi connectivity index (χ3n) is 4.92. The Morgan fingerprint density at radius 1 is 1.29 bits per heavy atom. The second kappa shape index (κ2) is 6.00. The van der Waals surface area contributed by atoms with Crippen LogP contribution in [-0.4, -0.2) is 38.1 Å². The van der Waals surface area contributed by atoms with Gasteiger partial charge in [0.15, 0.2) is 5.78 Å². The van der Waals surface area contributed by atoms with E-state index in [2.05, 4.69) is 21.0 Å². The average molecular weight is 325 g/mol. The Morgan fingerprint density at radius 3 is 2.83 bits per heavy atom. The maximum absolute atomic E-state index is 12.5. The van der Waals surface area contributed by atoms with E-state index < -0.39 is 0 Å². The first-order valence-corrected chi connectivity index (χ1v) is 8.74. The van der Waals surface area contributed by atoms with Gasteiger partial charge >= 0.3 is 0 Å². The quantitative estimate of drug-likeness (QED) is 0.791. The van der Waals surface area contributed by atoms with Crippen LogP contribution in [0.15, 0.2) is 18.5 Å². The van der Waals surface area contributed by atoms with Crippen molar-refractivity contribution in [2.75, 3.05) is 11.4 Å². The van der Waals surface area contributed by atoms with E-state index in [4.69, 9.17) is 4.98 Å². The largest absolute Gasteiger partial charge is 0.353 e. The molecule has 2 aromatic rings. The lowest BCUT2D eigenvalue weighted by Gasteiger charge is -2.25. The highest BCUT2D eigenvalue weighted by molar-refractivity contribution is 5.96. The van der Waals surface area contributed by atoms with Gasteiger partial charge in [0.25, 0.3) is 0 Å². The van der Waals surface area contributed by atoms with Crippen molar-refractivity contribution in [1.29, 1.82) is 0 Å². The molecule has 0 radical (unpaired) electrons. The van der Waals surface area contributed by atoms with Crippen molar-refractivity contribution >= 4 is 11.6 Å². The number of carbonyl (C=O) groups excluding carboxylic acids is 1. The Morgan fingerprint density at radius 2 is 2.12 bits per heavy atom. The molecule has 0 N–H and O–H groups in total. The first-order valence-electron chi connectivity index (χ1n) is 8.74. The minimum Gasteiger partial charge on any atom is -0.353 e. The molecule has 2 fully saturated rings. The van der Waals surface area contributed by atoms with Gasteiger partial charge in [-0.3, -0.25) is 9.48 Å². The number of nitrogens with zero attached hydrogens (tertiary/aromatic N) is 5. The summed E-state index contributed by atoms with van der Waals surface area (Å²) in [5, 5.41) is 4.10. The van der Waals surface area contributed by atoms with Gasteiger partial charge in [0.2, 0.25) is 0 Å². The Labute approximate surface area is 141 Å². The van der Waals surface area contributed by atoms with Crippen molar-refractivity contribution in [3.05, 3.63) is 35.5 Å². The zero-order chi connectivity index (χ0) is 16.7. The fourth-order valence-electron chi connectivity index (χ4n) is 3.49. The lowest BCUT2D eigenvalue weighted by molar-refractivity contribution is 0.0974. The van der Waals surface area contributed by atoms with Crippen LogP contribution >= 0.6 is 0 Å². The molecule has 126 valence electrons. The summed E-state index contributed by atoms with van der Waals surface area (Å²) in [7, 11) is 1.84. The van der Waals surface area contributed by atoms with Crippen LogP contribution < -0.4 is 4.90 Å². The summed E-state index contributed by atoms with van der Waals surface area (Å²) in [6, 6.07) is 2.28. The lowest BCUT2D eigenvalue weighted by Crippen LogP contribution is -2.32. The van der Waals surface area contributed by atoms with Gasteiger partial charge < -0.3 is 4.90 Å². The molecular formula is C18H23N5O. The molecule has 0 spiro atoms. The lowest BCUT2D eigenvalue weighted by atomic mass is 10.0. The molecule has 24 heavy (non-hydrogen) atoms. The van der Waals surface area contributed by atoms with Crippen LogP contribution in [0.4, 0.5) is 5.82 Å². The number of aromatic nitrogens is 4. The minimum absolute atomic E-state index is 0.160. The fraction of sp³-hybridized carbons (Fsp3) is 0.556. The van der Waals surface area contributed by atoms with Crippen molar-refractivity contribution in [2.24, 2.45) is 7.05 Å². The Balaban J connectivity index is 1.53. The summed E-state index contributed by atoms with van der Waals surface area (Å²) in [4.78, 5) is 24.2. The molecule has 0 amide bonds. The van der Waals surface area contributed by atoms with E-state index in [-0.39, 0.29) is 11.8 Å². The Kier molecular flexibility index (Phi) is 3.82. The van der Waals surface area contributed by atoms with E-state index in [0.717, 1.165) is 36.7 Å². The molecule has 0 aromatic carbocycles. The van der Waals surface area contributed by atoms with Crippen molar-refractivity contribution < 1.29 is 4.79 Å². The maximum Gasteiger partial charge on any atom is 0.168 e. The van der Waals surface area contributed by atoms with Crippen LogP contribution in [0.5, 0.6) is 0 Å². The number of anilines is 1. The Bertz CT molecular complexity index is 765. The zero-order valence-corrected chi connectivity index (χ0v) is 14.3. The topological polar surface area (TPSA) is 63.9 Å². The van der Waals surface area contributed by atoms with Crippen LogP contribution in [0.2, 0.25) is 0 Å². The van der Waals surface area contributed by atoms with E-state index in [1.807, 2.05) is 14.0 Å².